The van der Waals surface area contributed by atoms with Crippen LogP contribution in [0.25, 0.3) is 0 Å². The van der Waals surface area contributed by atoms with Crippen LogP contribution in [-0.2, 0) is 0 Å². The molecular formula is C7H15KOS2. The minimum absolute atomic E-state index is 0.306. The second-order valence-electron chi connectivity index (χ2n) is 2.34. The van der Waals surface area contributed by atoms with Crippen molar-refractivity contribution in [1.82, 2.24) is 0 Å². The number of hydrogen-bond donors (Lipinski definition) is 2. The molecule has 0 saturated heterocycles. The van der Waals surface area contributed by atoms with Gasteiger partial charge in [-0.1, -0.05) is 12.6 Å². The standard InChI is InChI=1S/C6H13.CH2OS2.K/c1-3-5-6-4-2;2-1(3)4;/h1,3-6H2,2H3;(H2,2,3,4);. The van der Waals surface area contributed by atoms with Crippen molar-refractivity contribution in [2.24, 2.45) is 0 Å². The summed E-state index contributed by atoms with van der Waals surface area (Å²) < 4.78 is 1.24. The van der Waals surface area contributed by atoms with Crippen LogP contribution in [-0.4, -0.2) is 58.4 Å². The van der Waals surface area contributed by atoms with Crippen LogP contribution in [0.15, 0.2) is 0 Å². The topological polar surface area (TPSA) is 20.2 Å². The first kappa shape index (κ1) is 15.4. The summed E-state index contributed by atoms with van der Waals surface area (Å²) in [5, 5.41) is 7.65. The Kier molecular flexibility index (Phi) is 20.1. The van der Waals surface area contributed by atoms with E-state index in [-0.39, 0.29) is 4.38 Å². The van der Waals surface area contributed by atoms with Gasteiger partial charge in [0.25, 0.3) is 0 Å². The molecule has 0 aromatic rings. The minimum Gasteiger partial charge on any atom is -0.494 e. The molecule has 4 heteroatoms. The Bertz CT molecular complexity index is 80.5. The van der Waals surface area contributed by atoms with E-state index >= 15 is 0 Å². The first-order valence-electron chi connectivity index (χ1n) is 4.07. The third-order valence-corrected chi connectivity index (χ3v) is 2.31. The summed E-state index contributed by atoms with van der Waals surface area (Å²) in [5.74, 6) is 0. The van der Waals surface area contributed by atoms with Crippen LogP contribution >= 0.6 is 24.8 Å². The molecule has 0 saturated carbocycles. The summed E-state index contributed by atoms with van der Waals surface area (Å²) in [6.07, 6.45) is 5.83. The van der Waals surface area contributed by atoms with Crippen molar-refractivity contribution in [3.8, 4) is 0 Å². The van der Waals surface area contributed by atoms with Crippen LogP contribution in [0.1, 0.15) is 32.6 Å². The second-order valence-corrected chi connectivity index (χ2v) is 5.02. The minimum atomic E-state index is -0.306. The summed E-state index contributed by atoms with van der Waals surface area (Å²) in [4.78, 5) is 0. The molecule has 0 aromatic heterocycles. The maximum absolute atomic E-state index is 7.65. The van der Waals surface area contributed by atoms with E-state index in [9.17, 15) is 0 Å². The fourth-order valence-electron chi connectivity index (χ4n) is 0.677. The molecule has 0 unspecified atom stereocenters. The van der Waals surface area contributed by atoms with E-state index in [1.165, 1.54) is 25.7 Å². The van der Waals surface area contributed by atoms with Gasteiger partial charge in [0.1, 0.15) is 0 Å². The van der Waals surface area contributed by atoms with Gasteiger partial charge in [-0.05, 0) is 12.2 Å². The van der Waals surface area contributed by atoms with Crippen molar-refractivity contribution in [3.63, 3.8) is 0 Å². The van der Waals surface area contributed by atoms with Crippen molar-refractivity contribution in [1.29, 1.82) is 0 Å². The molecule has 0 bridgehead atoms. The van der Waals surface area contributed by atoms with Gasteiger partial charge in [-0.2, -0.15) is 0 Å². The molecule has 0 heterocycles. The monoisotopic (exact) mass is 218 g/mol. The Labute approximate surface area is 114 Å². The number of hydrogen-bond acceptors (Lipinski definition) is 1. The molecule has 1 nitrogen and oxygen atoms in total. The van der Waals surface area contributed by atoms with Crippen molar-refractivity contribution >= 4 is 78.2 Å². The van der Waals surface area contributed by atoms with Crippen LogP contribution in [0.4, 0.5) is 0 Å². The van der Waals surface area contributed by atoms with E-state index in [4.69, 9.17) is 5.11 Å². The molecule has 0 aliphatic rings. The van der Waals surface area contributed by atoms with Crippen LogP contribution in [0.3, 0.4) is 0 Å². The molecule has 0 rings (SSSR count). The van der Waals surface area contributed by atoms with E-state index in [1.807, 2.05) is 0 Å². The fraction of sp³-hybridized carbons (Fsp3) is 0.857. The van der Waals surface area contributed by atoms with Crippen molar-refractivity contribution in [2.75, 3.05) is 0 Å². The average molecular weight is 218 g/mol. The first-order chi connectivity index (χ1) is 5.15. The van der Waals surface area contributed by atoms with Gasteiger partial charge >= 0.3 is 82.1 Å². The third kappa shape index (κ3) is 33.5. The van der Waals surface area contributed by atoms with Gasteiger partial charge in [-0.3, -0.25) is 0 Å². The van der Waals surface area contributed by atoms with Crippen molar-refractivity contribution in [3.05, 3.63) is 0 Å². The van der Waals surface area contributed by atoms with E-state index in [0.29, 0.717) is 0 Å². The van der Waals surface area contributed by atoms with Crippen LogP contribution < -0.4 is 0 Å². The molecule has 0 spiro atoms. The molecule has 0 atom stereocenters. The smallest absolute Gasteiger partial charge is 0.214 e. The van der Waals surface area contributed by atoms with Gasteiger partial charge < -0.3 is 5.11 Å². The first-order valence-corrected chi connectivity index (χ1v) is 7.13. The van der Waals surface area contributed by atoms with Gasteiger partial charge in [0.15, 0.2) is 0 Å². The van der Waals surface area contributed by atoms with Crippen LogP contribution in [0.2, 0.25) is 0.515 Å². The Balaban J connectivity index is 0. The van der Waals surface area contributed by atoms with Crippen LogP contribution in [0.5, 0.6) is 0 Å². The number of unbranched alkanes of at least 4 members (excludes halogenated alkanes) is 3. The SMILES string of the molecule is CCCCC[CH2][K].OC(=S)S. The van der Waals surface area contributed by atoms with Gasteiger partial charge in [0.2, 0.25) is 4.38 Å². The molecule has 0 aliphatic heterocycles. The normalized spacial score (nSPS) is 8.36. The summed E-state index contributed by atoms with van der Waals surface area (Å²) in [7, 11) is 0. The zero-order valence-electron chi connectivity index (χ0n) is 7.34. The molecule has 1 N–H and O–H groups in total. The number of aliphatic hydroxyl groups excluding tert-OH is 1. The largest absolute Gasteiger partial charge is 0.494 e. The van der Waals surface area contributed by atoms with Gasteiger partial charge in [-0.25, -0.2) is 0 Å². The Morgan fingerprint density at radius 3 is 2.18 bits per heavy atom. The van der Waals surface area contributed by atoms with Crippen molar-refractivity contribution in [2.45, 2.75) is 33.1 Å². The maximum Gasteiger partial charge on any atom is 0.214 e. The quantitative estimate of drug-likeness (QED) is 0.327. The second kappa shape index (κ2) is 14.4. The van der Waals surface area contributed by atoms with Gasteiger partial charge in [0, 0.05) is 0 Å². The van der Waals surface area contributed by atoms with E-state index < -0.39 is 0 Å². The molecular weight excluding hydrogens is 203 g/mol. The van der Waals surface area contributed by atoms with Gasteiger partial charge in [-0.15, -0.1) is 0 Å². The van der Waals surface area contributed by atoms with E-state index in [0.717, 1.165) is 49.0 Å². The van der Waals surface area contributed by atoms with E-state index in [2.05, 4.69) is 31.8 Å². The Morgan fingerprint density at radius 2 is 1.91 bits per heavy atom. The maximum atomic E-state index is 7.65. The fourth-order valence-corrected chi connectivity index (χ4v) is 1.46. The summed E-state index contributed by atoms with van der Waals surface area (Å²) in [5.41, 5.74) is 0. The van der Waals surface area contributed by atoms with E-state index in [1.54, 1.807) is 0.515 Å². The molecule has 0 radical (unpaired) electrons. The predicted molar refractivity (Wildman–Crippen MR) is 58.9 cm³/mol. The van der Waals surface area contributed by atoms with Crippen molar-refractivity contribution < 1.29 is 5.11 Å². The zero-order valence-corrected chi connectivity index (χ0v) is 12.2. The van der Waals surface area contributed by atoms with Gasteiger partial charge in [0.05, 0.1) is 0 Å². The number of thiol groups is 1. The molecule has 62 valence electrons. The van der Waals surface area contributed by atoms with Crippen LogP contribution in [0, 0.1) is 0 Å². The zero-order chi connectivity index (χ0) is 9.11. The average Bonchev–Trinajstić information content (AvgIpc) is 1.88. The summed E-state index contributed by atoms with van der Waals surface area (Å²) in [6, 6.07) is 0. The third-order valence-electron chi connectivity index (χ3n) is 1.21. The molecule has 0 aromatic carbocycles. The summed E-state index contributed by atoms with van der Waals surface area (Å²) in [6.45, 7) is 2.26. The Hall–Kier alpha value is 1.88. The molecule has 0 amide bonds. The molecule has 0 aliphatic carbocycles. The number of aliphatic hydroxyl groups is 1. The number of thiocarbonyl (C=S) groups is 1. The molecule has 11 heavy (non-hydrogen) atoms. The predicted octanol–water partition coefficient (Wildman–Crippen LogP) is 2.91. The number of rotatable bonds is 4. The summed E-state index contributed by atoms with van der Waals surface area (Å²) >= 11 is 8.32. The Morgan fingerprint density at radius 1 is 1.45 bits per heavy atom. The molecule has 0 fully saturated rings.